The van der Waals surface area contributed by atoms with Crippen LogP contribution in [0, 0.1) is 5.82 Å². The van der Waals surface area contributed by atoms with E-state index in [4.69, 9.17) is 21.1 Å². The number of ether oxygens (including phenoxy) is 2. The molecule has 0 unspecified atom stereocenters. The van der Waals surface area contributed by atoms with Crippen LogP contribution in [0.5, 0.6) is 5.75 Å². The second kappa shape index (κ2) is 5.40. The molecular weight excluding hydrogens is 271 g/mol. The fourth-order valence-electron chi connectivity index (χ4n) is 1.71. The zero-order valence-electron chi connectivity index (χ0n) is 10.5. The van der Waals surface area contributed by atoms with Gasteiger partial charge in [0.05, 0.1) is 19.2 Å². The highest BCUT2D eigenvalue weighted by molar-refractivity contribution is 6.28. The SMILES string of the molecule is C=C(OCC)c1nc(Cl)nc2cc(F)c(OC)cc12. The molecule has 100 valence electrons. The molecule has 4 nitrogen and oxygen atoms in total. The molecular formula is C13H12ClFN2O2. The third-order valence-electron chi connectivity index (χ3n) is 2.52. The van der Waals surface area contributed by atoms with Crippen LogP contribution in [0.3, 0.4) is 0 Å². The van der Waals surface area contributed by atoms with Crippen molar-refractivity contribution in [1.82, 2.24) is 9.97 Å². The van der Waals surface area contributed by atoms with Crippen LogP contribution in [0.25, 0.3) is 16.7 Å². The Morgan fingerprint density at radius 1 is 1.42 bits per heavy atom. The normalized spacial score (nSPS) is 10.5. The van der Waals surface area contributed by atoms with E-state index in [0.29, 0.717) is 29.0 Å². The van der Waals surface area contributed by atoms with E-state index in [2.05, 4.69) is 16.5 Å². The molecule has 0 spiro atoms. The van der Waals surface area contributed by atoms with Crippen LogP contribution in [-0.4, -0.2) is 23.7 Å². The number of methoxy groups -OCH3 is 1. The van der Waals surface area contributed by atoms with Crippen LogP contribution in [0.15, 0.2) is 18.7 Å². The van der Waals surface area contributed by atoms with Crippen molar-refractivity contribution in [3.05, 3.63) is 35.5 Å². The first-order valence-corrected chi connectivity index (χ1v) is 5.97. The van der Waals surface area contributed by atoms with E-state index in [1.54, 1.807) is 0 Å². The van der Waals surface area contributed by atoms with Crippen molar-refractivity contribution in [3.63, 3.8) is 0 Å². The van der Waals surface area contributed by atoms with E-state index < -0.39 is 5.82 Å². The minimum absolute atomic E-state index is 0.00733. The Morgan fingerprint density at radius 2 is 2.16 bits per heavy atom. The second-order valence-corrected chi connectivity index (χ2v) is 4.04. The number of hydrogen-bond donors (Lipinski definition) is 0. The lowest BCUT2D eigenvalue weighted by molar-refractivity contribution is 0.298. The summed E-state index contributed by atoms with van der Waals surface area (Å²) in [5.41, 5.74) is 0.796. The van der Waals surface area contributed by atoms with Crippen molar-refractivity contribution < 1.29 is 13.9 Å². The Bertz CT molecular complexity index is 646. The number of benzene rings is 1. The highest BCUT2D eigenvalue weighted by Crippen LogP contribution is 2.29. The molecule has 0 aliphatic rings. The summed E-state index contributed by atoms with van der Waals surface area (Å²) in [4.78, 5) is 8.05. The van der Waals surface area contributed by atoms with Gasteiger partial charge in [-0.15, -0.1) is 0 Å². The summed E-state index contributed by atoms with van der Waals surface area (Å²) in [6, 6.07) is 2.74. The number of nitrogens with zero attached hydrogens (tertiary/aromatic N) is 2. The maximum atomic E-state index is 13.7. The van der Waals surface area contributed by atoms with Gasteiger partial charge in [-0.3, -0.25) is 0 Å². The van der Waals surface area contributed by atoms with Crippen LogP contribution in [0.4, 0.5) is 4.39 Å². The van der Waals surface area contributed by atoms with E-state index in [0.717, 1.165) is 0 Å². The number of aromatic nitrogens is 2. The van der Waals surface area contributed by atoms with Gasteiger partial charge < -0.3 is 9.47 Å². The molecule has 6 heteroatoms. The minimum Gasteiger partial charge on any atom is -0.494 e. The maximum absolute atomic E-state index is 13.7. The summed E-state index contributed by atoms with van der Waals surface area (Å²) in [5, 5.41) is 0.578. The molecule has 1 aromatic carbocycles. The molecule has 19 heavy (non-hydrogen) atoms. The van der Waals surface area contributed by atoms with Crippen LogP contribution >= 0.6 is 11.6 Å². The summed E-state index contributed by atoms with van der Waals surface area (Å²) in [5.74, 6) is -0.0628. The second-order valence-electron chi connectivity index (χ2n) is 3.70. The van der Waals surface area contributed by atoms with Gasteiger partial charge in [0.25, 0.3) is 0 Å². The third kappa shape index (κ3) is 2.61. The third-order valence-corrected chi connectivity index (χ3v) is 2.69. The van der Waals surface area contributed by atoms with Gasteiger partial charge in [-0.05, 0) is 24.6 Å². The Morgan fingerprint density at radius 3 is 2.79 bits per heavy atom. The standard InChI is InChI=1S/C13H12ClFN2O2/c1-4-19-7(2)12-8-5-11(18-3)9(15)6-10(8)16-13(14)17-12/h5-6H,2,4H2,1,3H3. The number of halogens is 2. The maximum Gasteiger partial charge on any atom is 0.223 e. The molecule has 0 aliphatic heterocycles. The Kier molecular flexibility index (Phi) is 3.85. The van der Waals surface area contributed by atoms with Crippen molar-refractivity contribution >= 4 is 28.3 Å². The van der Waals surface area contributed by atoms with Crippen molar-refractivity contribution in [3.8, 4) is 5.75 Å². The van der Waals surface area contributed by atoms with Gasteiger partial charge in [0, 0.05) is 11.5 Å². The number of hydrogen-bond acceptors (Lipinski definition) is 4. The molecule has 0 amide bonds. The highest BCUT2D eigenvalue weighted by atomic mass is 35.5. The molecule has 2 aromatic rings. The first kappa shape index (κ1) is 13.5. The molecule has 0 radical (unpaired) electrons. The minimum atomic E-state index is -0.516. The topological polar surface area (TPSA) is 44.2 Å². The van der Waals surface area contributed by atoms with E-state index in [1.165, 1.54) is 19.2 Å². The first-order valence-electron chi connectivity index (χ1n) is 5.59. The van der Waals surface area contributed by atoms with Gasteiger partial charge in [0.2, 0.25) is 5.28 Å². The summed E-state index contributed by atoms with van der Waals surface area (Å²) in [7, 11) is 1.39. The lowest BCUT2D eigenvalue weighted by Crippen LogP contribution is -1.99. The molecule has 1 aromatic heterocycles. The summed E-state index contributed by atoms with van der Waals surface area (Å²) >= 11 is 5.82. The van der Waals surface area contributed by atoms with Crippen molar-refractivity contribution in [1.29, 1.82) is 0 Å². The van der Waals surface area contributed by atoms with E-state index in [-0.39, 0.29) is 11.0 Å². The van der Waals surface area contributed by atoms with Crippen LogP contribution in [0.2, 0.25) is 5.28 Å². The van der Waals surface area contributed by atoms with Gasteiger partial charge in [0.15, 0.2) is 11.6 Å². The molecule has 2 rings (SSSR count). The zero-order valence-corrected chi connectivity index (χ0v) is 11.3. The quantitative estimate of drug-likeness (QED) is 0.636. The van der Waals surface area contributed by atoms with Crippen molar-refractivity contribution in [2.24, 2.45) is 0 Å². The molecule has 0 saturated carbocycles. The van der Waals surface area contributed by atoms with Gasteiger partial charge in [-0.25, -0.2) is 14.4 Å². The largest absolute Gasteiger partial charge is 0.494 e. The predicted octanol–water partition coefficient (Wildman–Crippen LogP) is 3.44. The fourth-order valence-corrected chi connectivity index (χ4v) is 1.89. The molecule has 0 aliphatic carbocycles. The summed E-state index contributed by atoms with van der Waals surface area (Å²) in [6.45, 7) is 6.05. The van der Waals surface area contributed by atoms with E-state index >= 15 is 0 Å². The molecule has 0 N–H and O–H groups in total. The Hall–Kier alpha value is -1.88. The van der Waals surface area contributed by atoms with Gasteiger partial charge in [0.1, 0.15) is 11.5 Å². The molecule has 0 saturated heterocycles. The van der Waals surface area contributed by atoms with E-state index in [9.17, 15) is 4.39 Å². The lowest BCUT2D eigenvalue weighted by atomic mass is 10.1. The van der Waals surface area contributed by atoms with Crippen LogP contribution in [-0.2, 0) is 4.74 Å². The lowest BCUT2D eigenvalue weighted by Gasteiger charge is -2.11. The zero-order chi connectivity index (χ0) is 14.0. The first-order chi connectivity index (χ1) is 9.06. The Balaban J connectivity index is 2.71. The average molecular weight is 283 g/mol. The number of fused-ring (bicyclic) bond motifs is 1. The van der Waals surface area contributed by atoms with Crippen molar-refractivity contribution in [2.45, 2.75) is 6.92 Å². The monoisotopic (exact) mass is 282 g/mol. The van der Waals surface area contributed by atoms with Gasteiger partial charge >= 0.3 is 0 Å². The molecule has 0 fully saturated rings. The van der Waals surface area contributed by atoms with Gasteiger partial charge in [-0.1, -0.05) is 6.58 Å². The van der Waals surface area contributed by atoms with Crippen LogP contribution < -0.4 is 4.74 Å². The number of rotatable bonds is 4. The predicted molar refractivity (Wildman–Crippen MR) is 71.7 cm³/mol. The summed E-state index contributed by atoms with van der Waals surface area (Å²) < 4.78 is 23.9. The Labute approximate surface area is 114 Å². The van der Waals surface area contributed by atoms with Crippen LogP contribution in [0.1, 0.15) is 12.6 Å². The van der Waals surface area contributed by atoms with E-state index in [1.807, 2.05) is 6.92 Å². The molecule has 0 bridgehead atoms. The molecule has 1 heterocycles. The fraction of sp³-hybridized carbons (Fsp3) is 0.231. The molecule has 0 atom stereocenters. The van der Waals surface area contributed by atoms with Gasteiger partial charge in [-0.2, -0.15) is 0 Å². The smallest absolute Gasteiger partial charge is 0.223 e. The van der Waals surface area contributed by atoms with Crippen molar-refractivity contribution in [2.75, 3.05) is 13.7 Å². The summed E-state index contributed by atoms with van der Waals surface area (Å²) in [6.07, 6.45) is 0. The highest BCUT2D eigenvalue weighted by Gasteiger charge is 2.14. The average Bonchev–Trinajstić information content (AvgIpc) is 2.37.